The Hall–Kier alpha value is -2.91. The van der Waals surface area contributed by atoms with Gasteiger partial charge >= 0.3 is 0 Å². The van der Waals surface area contributed by atoms with E-state index in [1.54, 1.807) is 24.3 Å². The average molecular weight is 336 g/mol. The molecule has 2 heterocycles. The molecule has 0 aliphatic heterocycles. The van der Waals surface area contributed by atoms with Gasteiger partial charge in [0.15, 0.2) is 0 Å². The molecule has 2 aromatic heterocycles. The highest BCUT2D eigenvalue weighted by molar-refractivity contribution is 7.21. The van der Waals surface area contributed by atoms with Crippen LogP contribution >= 0.6 is 11.3 Å². The minimum atomic E-state index is -0.272. The van der Waals surface area contributed by atoms with Crippen molar-refractivity contribution in [2.24, 2.45) is 0 Å². The highest BCUT2D eigenvalue weighted by atomic mass is 32.1. The van der Waals surface area contributed by atoms with Gasteiger partial charge in [0.2, 0.25) is 0 Å². The first-order chi connectivity index (χ1) is 11.5. The standard InChI is InChI=1S/C18H16N4OS/c1-10(2)14-8-7-13-15(20)16(24-18(13)22-14)17(23)21-12-5-3-11(9-19)4-6-12/h3-8,10H,20H2,1-2H3,(H,21,23). The van der Waals surface area contributed by atoms with Gasteiger partial charge in [-0.05, 0) is 42.3 Å². The van der Waals surface area contributed by atoms with E-state index in [9.17, 15) is 4.79 Å². The van der Waals surface area contributed by atoms with Gasteiger partial charge in [-0.25, -0.2) is 4.98 Å². The number of hydrogen-bond acceptors (Lipinski definition) is 5. The van der Waals surface area contributed by atoms with Crippen molar-refractivity contribution in [2.75, 3.05) is 11.1 Å². The number of thiophene rings is 1. The third kappa shape index (κ3) is 2.94. The SMILES string of the molecule is CC(C)c1ccc2c(N)c(C(=O)Nc3ccc(C#N)cc3)sc2n1. The summed E-state index contributed by atoms with van der Waals surface area (Å²) < 4.78 is 0. The van der Waals surface area contributed by atoms with E-state index in [2.05, 4.69) is 24.1 Å². The Balaban J connectivity index is 1.91. The summed E-state index contributed by atoms with van der Waals surface area (Å²) in [5, 5.41) is 12.4. The number of nitrogens with one attached hydrogen (secondary N) is 1. The van der Waals surface area contributed by atoms with E-state index in [1.165, 1.54) is 11.3 Å². The van der Waals surface area contributed by atoms with Crippen LogP contribution in [0.3, 0.4) is 0 Å². The molecule has 24 heavy (non-hydrogen) atoms. The molecule has 0 spiro atoms. The fraction of sp³-hybridized carbons (Fsp3) is 0.167. The fourth-order valence-corrected chi connectivity index (χ4v) is 3.31. The largest absolute Gasteiger partial charge is 0.397 e. The van der Waals surface area contributed by atoms with Crippen molar-refractivity contribution in [2.45, 2.75) is 19.8 Å². The number of nitrogens with zero attached hydrogens (tertiary/aromatic N) is 2. The van der Waals surface area contributed by atoms with E-state index in [-0.39, 0.29) is 5.91 Å². The highest BCUT2D eigenvalue weighted by Crippen LogP contribution is 2.34. The van der Waals surface area contributed by atoms with Gasteiger partial charge in [0.05, 0.1) is 17.3 Å². The molecule has 0 unspecified atom stereocenters. The third-order valence-electron chi connectivity index (χ3n) is 3.68. The maximum absolute atomic E-state index is 12.5. The van der Waals surface area contributed by atoms with Gasteiger partial charge in [-0.3, -0.25) is 4.79 Å². The van der Waals surface area contributed by atoms with Crippen LogP contribution in [-0.4, -0.2) is 10.9 Å². The van der Waals surface area contributed by atoms with Crippen LogP contribution in [0.1, 0.15) is 40.7 Å². The quantitative estimate of drug-likeness (QED) is 0.752. The highest BCUT2D eigenvalue weighted by Gasteiger charge is 2.18. The number of aromatic nitrogens is 1. The monoisotopic (exact) mass is 336 g/mol. The van der Waals surface area contributed by atoms with Gasteiger partial charge in [-0.2, -0.15) is 5.26 Å². The summed E-state index contributed by atoms with van der Waals surface area (Å²) in [6.07, 6.45) is 0. The van der Waals surface area contributed by atoms with Gasteiger partial charge < -0.3 is 11.1 Å². The van der Waals surface area contributed by atoms with E-state index in [1.807, 2.05) is 18.2 Å². The number of amides is 1. The lowest BCUT2D eigenvalue weighted by Gasteiger charge is -2.04. The molecule has 3 aromatic rings. The molecule has 120 valence electrons. The lowest BCUT2D eigenvalue weighted by Crippen LogP contribution is -2.11. The summed E-state index contributed by atoms with van der Waals surface area (Å²) in [7, 11) is 0. The summed E-state index contributed by atoms with van der Waals surface area (Å²) in [5.74, 6) is 0.0416. The summed E-state index contributed by atoms with van der Waals surface area (Å²) in [6, 6.07) is 12.6. The second-order valence-electron chi connectivity index (χ2n) is 5.73. The number of carbonyl (C=O) groups excluding carboxylic acids is 1. The second-order valence-corrected chi connectivity index (χ2v) is 6.73. The maximum Gasteiger partial charge on any atom is 0.267 e. The smallest absolute Gasteiger partial charge is 0.267 e. The Morgan fingerprint density at radius 1 is 1.25 bits per heavy atom. The molecule has 0 saturated carbocycles. The first-order valence-electron chi connectivity index (χ1n) is 7.50. The minimum Gasteiger partial charge on any atom is -0.397 e. The van der Waals surface area contributed by atoms with Crippen molar-refractivity contribution < 1.29 is 4.79 Å². The predicted octanol–water partition coefficient (Wildman–Crippen LogP) is 4.13. The van der Waals surface area contributed by atoms with Gasteiger partial charge in [-0.1, -0.05) is 13.8 Å². The Kier molecular flexibility index (Phi) is 4.19. The Labute approximate surface area is 143 Å². The number of rotatable bonds is 3. The molecular weight excluding hydrogens is 320 g/mol. The van der Waals surface area contributed by atoms with E-state index in [0.29, 0.717) is 27.7 Å². The van der Waals surface area contributed by atoms with Crippen LogP contribution in [0.15, 0.2) is 36.4 Å². The number of hydrogen-bond donors (Lipinski definition) is 2. The number of nitrogen functional groups attached to an aromatic ring is 1. The number of benzene rings is 1. The van der Waals surface area contributed by atoms with E-state index < -0.39 is 0 Å². The number of anilines is 2. The molecule has 0 aliphatic rings. The van der Waals surface area contributed by atoms with Crippen molar-refractivity contribution in [3.63, 3.8) is 0 Å². The lowest BCUT2D eigenvalue weighted by molar-refractivity contribution is 0.103. The number of pyridine rings is 1. The fourth-order valence-electron chi connectivity index (χ4n) is 2.32. The zero-order chi connectivity index (χ0) is 17.3. The van der Waals surface area contributed by atoms with E-state index in [0.717, 1.165) is 15.9 Å². The van der Waals surface area contributed by atoms with Crippen LogP contribution in [0, 0.1) is 11.3 Å². The van der Waals surface area contributed by atoms with Crippen molar-refractivity contribution in [1.29, 1.82) is 5.26 Å². The van der Waals surface area contributed by atoms with Crippen molar-refractivity contribution in [3.05, 3.63) is 52.5 Å². The number of nitrogens with two attached hydrogens (primary N) is 1. The van der Waals surface area contributed by atoms with Crippen molar-refractivity contribution in [3.8, 4) is 6.07 Å². The normalized spacial score (nSPS) is 10.8. The molecule has 3 rings (SSSR count). The molecule has 0 radical (unpaired) electrons. The average Bonchev–Trinajstić information content (AvgIpc) is 2.92. The Bertz CT molecular complexity index is 952. The van der Waals surface area contributed by atoms with Crippen molar-refractivity contribution >= 4 is 38.8 Å². The Morgan fingerprint density at radius 3 is 2.58 bits per heavy atom. The topological polar surface area (TPSA) is 91.8 Å². The molecule has 5 nitrogen and oxygen atoms in total. The third-order valence-corrected chi connectivity index (χ3v) is 4.80. The second kappa shape index (κ2) is 6.30. The van der Waals surface area contributed by atoms with Gasteiger partial charge in [0, 0.05) is 16.8 Å². The molecule has 0 aliphatic carbocycles. The van der Waals surface area contributed by atoms with Crippen LogP contribution in [0.25, 0.3) is 10.2 Å². The molecule has 0 bridgehead atoms. The summed E-state index contributed by atoms with van der Waals surface area (Å²) in [4.78, 5) is 18.3. The number of fused-ring (bicyclic) bond motifs is 1. The van der Waals surface area contributed by atoms with E-state index in [4.69, 9.17) is 11.0 Å². The molecule has 3 N–H and O–H groups in total. The Morgan fingerprint density at radius 2 is 1.96 bits per heavy atom. The minimum absolute atomic E-state index is 0.272. The molecule has 0 atom stereocenters. The number of carbonyl (C=O) groups is 1. The molecule has 1 amide bonds. The van der Waals surface area contributed by atoms with Crippen molar-refractivity contribution in [1.82, 2.24) is 4.98 Å². The molecule has 1 aromatic carbocycles. The van der Waals surface area contributed by atoms with Crippen LogP contribution in [0.4, 0.5) is 11.4 Å². The van der Waals surface area contributed by atoms with Gasteiger partial charge in [0.1, 0.15) is 9.71 Å². The summed E-state index contributed by atoms with van der Waals surface area (Å²) >= 11 is 1.29. The molecule has 0 saturated heterocycles. The van der Waals surface area contributed by atoms with Crippen LogP contribution in [0.5, 0.6) is 0 Å². The molecular formula is C18H16N4OS. The van der Waals surface area contributed by atoms with Gasteiger partial charge in [0.25, 0.3) is 5.91 Å². The summed E-state index contributed by atoms with van der Waals surface area (Å²) in [5.41, 5.74) is 8.71. The van der Waals surface area contributed by atoms with Crippen LogP contribution < -0.4 is 11.1 Å². The van der Waals surface area contributed by atoms with Crippen LogP contribution in [0.2, 0.25) is 0 Å². The lowest BCUT2D eigenvalue weighted by atomic mass is 10.1. The first-order valence-corrected chi connectivity index (χ1v) is 8.31. The predicted molar refractivity (Wildman–Crippen MR) is 97.2 cm³/mol. The zero-order valence-electron chi connectivity index (χ0n) is 13.3. The van der Waals surface area contributed by atoms with Gasteiger partial charge in [-0.15, -0.1) is 11.3 Å². The maximum atomic E-state index is 12.5. The molecule has 0 fully saturated rings. The van der Waals surface area contributed by atoms with E-state index >= 15 is 0 Å². The molecule has 6 heteroatoms. The number of nitriles is 1. The zero-order valence-corrected chi connectivity index (χ0v) is 14.1. The first kappa shape index (κ1) is 16.0. The summed E-state index contributed by atoms with van der Waals surface area (Å²) in [6.45, 7) is 4.15. The van der Waals surface area contributed by atoms with Crippen LogP contribution in [-0.2, 0) is 0 Å².